The van der Waals surface area contributed by atoms with Gasteiger partial charge in [0.1, 0.15) is 13.2 Å². The Balaban J connectivity index is 1.35. The minimum Gasteiger partial charge on any atom is -0.486 e. The Bertz CT molecular complexity index is 893. The lowest BCUT2D eigenvalue weighted by Gasteiger charge is -2.33. The molecule has 0 bridgehead atoms. The number of fused-ring (bicyclic) bond motifs is 1. The van der Waals surface area contributed by atoms with Crippen molar-refractivity contribution in [2.24, 2.45) is 5.92 Å². The molecule has 2 aromatic carbocycles. The molecule has 29 heavy (non-hydrogen) atoms. The van der Waals surface area contributed by atoms with Crippen molar-refractivity contribution in [2.75, 3.05) is 36.5 Å². The zero-order chi connectivity index (χ0) is 20.4. The molecule has 2 aliphatic rings. The van der Waals surface area contributed by atoms with Crippen LogP contribution in [0.1, 0.15) is 18.4 Å². The van der Waals surface area contributed by atoms with Crippen LogP contribution < -0.4 is 19.7 Å². The third-order valence-electron chi connectivity index (χ3n) is 5.21. The number of carbonyl (C=O) groups excluding carboxylic acids is 1. The van der Waals surface area contributed by atoms with Crippen molar-refractivity contribution in [3.05, 3.63) is 48.0 Å². The summed E-state index contributed by atoms with van der Waals surface area (Å²) >= 11 is 0. The number of alkyl halides is 3. The van der Waals surface area contributed by atoms with E-state index >= 15 is 0 Å². The van der Waals surface area contributed by atoms with Crippen LogP contribution in [0.15, 0.2) is 42.5 Å². The molecule has 1 fully saturated rings. The largest absolute Gasteiger partial charge is 0.486 e. The molecule has 4 rings (SSSR count). The van der Waals surface area contributed by atoms with E-state index in [1.54, 1.807) is 24.3 Å². The highest BCUT2D eigenvalue weighted by Gasteiger charge is 2.31. The van der Waals surface area contributed by atoms with Gasteiger partial charge in [0, 0.05) is 36.4 Å². The fourth-order valence-corrected chi connectivity index (χ4v) is 3.64. The molecule has 0 saturated carbocycles. The van der Waals surface area contributed by atoms with Crippen LogP contribution in [-0.2, 0) is 11.0 Å². The molecule has 2 heterocycles. The van der Waals surface area contributed by atoms with Crippen molar-refractivity contribution in [3.8, 4) is 11.5 Å². The van der Waals surface area contributed by atoms with E-state index in [2.05, 4.69) is 5.32 Å². The number of carbonyl (C=O) groups is 1. The Morgan fingerprint density at radius 3 is 2.45 bits per heavy atom. The van der Waals surface area contributed by atoms with Crippen LogP contribution in [0.3, 0.4) is 0 Å². The first-order chi connectivity index (χ1) is 13.9. The van der Waals surface area contributed by atoms with Crippen LogP contribution in [0, 0.1) is 5.92 Å². The van der Waals surface area contributed by atoms with Crippen LogP contribution in [0.25, 0.3) is 0 Å². The van der Waals surface area contributed by atoms with Gasteiger partial charge in [0.2, 0.25) is 5.91 Å². The Hall–Kier alpha value is -2.90. The minimum absolute atomic E-state index is 0.0922. The highest BCUT2D eigenvalue weighted by atomic mass is 19.4. The molecule has 1 amide bonds. The summed E-state index contributed by atoms with van der Waals surface area (Å²) in [5.41, 5.74) is 0.513. The number of anilines is 2. The summed E-state index contributed by atoms with van der Waals surface area (Å²) in [6, 6.07) is 10.6. The molecule has 0 spiro atoms. The molecule has 0 aromatic heterocycles. The quantitative estimate of drug-likeness (QED) is 0.824. The molecule has 0 atom stereocenters. The monoisotopic (exact) mass is 406 g/mol. The third-order valence-corrected chi connectivity index (χ3v) is 5.21. The zero-order valence-electron chi connectivity index (χ0n) is 15.7. The molecule has 0 unspecified atom stereocenters. The molecular formula is C21H21F3N2O3. The maximum atomic E-state index is 12.9. The lowest BCUT2D eigenvalue weighted by Crippen LogP contribution is -2.38. The van der Waals surface area contributed by atoms with Crippen LogP contribution >= 0.6 is 0 Å². The number of halogens is 3. The second-order valence-electron chi connectivity index (χ2n) is 7.16. The molecule has 5 nitrogen and oxygen atoms in total. The lowest BCUT2D eigenvalue weighted by molar-refractivity contribution is -0.137. The number of hydrogen-bond acceptors (Lipinski definition) is 4. The molecule has 0 aliphatic carbocycles. The van der Waals surface area contributed by atoms with Gasteiger partial charge in [-0.2, -0.15) is 13.2 Å². The van der Waals surface area contributed by atoms with Gasteiger partial charge in [-0.1, -0.05) is 6.07 Å². The molecule has 1 saturated heterocycles. The summed E-state index contributed by atoms with van der Waals surface area (Å²) in [7, 11) is 0. The van der Waals surface area contributed by atoms with Gasteiger partial charge in [-0.3, -0.25) is 4.79 Å². The van der Waals surface area contributed by atoms with Crippen LogP contribution in [-0.4, -0.2) is 32.2 Å². The number of piperidine rings is 1. The van der Waals surface area contributed by atoms with Crippen LogP contribution in [0.2, 0.25) is 0 Å². The van der Waals surface area contributed by atoms with Crippen molar-refractivity contribution in [1.82, 2.24) is 0 Å². The summed E-state index contributed by atoms with van der Waals surface area (Å²) in [6.45, 7) is 2.03. The van der Waals surface area contributed by atoms with E-state index in [1.807, 2.05) is 4.90 Å². The Morgan fingerprint density at radius 1 is 1.00 bits per heavy atom. The fourth-order valence-electron chi connectivity index (χ4n) is 3.64. The molecule has 0 radical (unpaired) electrons. The number of rotatable bonds is 3. The average molecular weight is 406 g/mol. The first-order valence-electron chi connectivity index (χ1n) is 9.53. The van der Waals surface area contributed by atoms with Gasteiger partial charge in [0.05, 0.1) is 5.56 Å². The second-order valence-corrected chi connectivity index (χ2v) is 7.16. The van der Waals surface area contributed by atoms with E-state index < -0.39 is 11.7 Å². The van der Waals surface area contributed by atoms with Gasteiger partial charge in [0.15, 0.2) is 11.5 Å². The average Bonchev–Trinajstić information content (AvgIpc) is 2.73. The number of benzene rings is 2. The molecule has 8 heteroatoms. The Labute approximate surface area is 166 Å². The van der Waals surface area contributed by atoms with E-state index in [4.69, 9.17) is 9.47 Å². The van der Waals surface area contributed by atoms with E-state index in [0.717, 1.165) is 12.1 Å². The van der Waals surface area contributed by atoms with Crippen LogP contribution in [0.5, 0.6) is 11.5 Å². The van der Waals surface area contributed by atoms with Crippen molar-refractivity contribution in [1.29, 1.82) is 0 Å². The topological polar surface area (TPSA) is 50.8 Å². The van der Waals surface area contributed by atoms with E-state index in [9.17, 15) is 18.0 Å². The summed E-state index contributed by atoms with van der Waals surface area (Å²) < 4.78 is 49.8. The number of nitrogens with one attached hydrogen (secondary N) is 1. The first-order valence-corrected chi connectivity index (χ1v) is 9.53. The van der Waals surface area contributed by atoms with Gasteiger partial charge in [-0.15, -0.1) is 0 Å². The van der Waals surface area contributed by atoms with E-state index in [0.29, 0.717) is 62.0 Å². The minimum atomic E-state index is -4.36. The predicted molar refractivity (Wildman–Crippen MR) is 102 cm³/mol. The summed E-state index contributed by atoms with van der Waals surface area (Å²) in [4.78, 5) is 14.5. The van der Waals surface area contributed by atoms with Crippen molar-refractivity contribution in [3.63, 3.8) is 0 Å². The summed E-state index contributed by atoms with van der Waals surface area (Å²) in [5.74, 6) is 0.979. The highest BCUT2D eigenvalue weighted by Crippen LogP contribution is 2.34. The molecule has 154 valence electrons. The zero-order valence-corrected chi connectivity index (χ0v) is 15.7. The standard InChI is InChI=1S/C21H21F3N2O3/c22-21(23,24)15-2-1-3-17(12-15)26-8-6-14(7-9-26)20(27)25-16-4-5-18-19(13-16)29-11-10-28-18/h1-5,12-14H,6-11H2,(H,25,27). The smallest absolute Gasteiger partial charge is 0.416 e. The first kappa shape index (κ1) is 19.4. The Kier molecular flexibility index (Phi) is 5.25. The van der Waals surface area contributed by atoms with Gasteiger partial charge >= 0.3 is 6.18 Å². The molecule has 2 aliphatic heterocycles. The SMILES string of the molecule is O=C(Nc1ccc2c(c1)OCCO2)C1CCN(c2cccc(C(F)(F)F)c2)CC1. The van der Waals surface area contributed by atoms with Gasteiger partial charge in [0.25, 0.3) is 0 Å². The maximum absolute atomic E-state index is 12.9. The molecule has 1 N–H and O–H groups in total. The Morgan fingerprint density at radius 2 is 1.72 bits per heavy atom. The number of ether oxygens (including phenoxy) is 2. The van der Waals surface area contributed by atoms with E-state index in [-0.39, 0.29) is 11.8 Å². The van der Waals surface area contributed by atoms with Crippen molar-refractivity contribution >= 4 is 17.3 Å². The number of nitrogens with zero attached hydrogens (tertiary/aromatic N) is 1. The fraction of sp³-hybridized carbons (Fsp3) is 0.381. The van der Waals surface area contributed by atoms with Gasteiger partial charge in [-0.05, 0) is 43.2 Å². The molecule has 2 aromatic rings. The normalized spacial score (nSPS) is 17.1. The third kappa shape index (κ3) is 4.41. The maximum Gasteiger partial charge on any atom is 0.416 e. The van der Waals surface area contributed by atoms with Crippen molar-refractivity contribution in [2.45, 2.75) is 19.0 Å². The highest BCUT2D eigenvalue weighted by molar-refractivity contribution is 5.93. The number of hydrogen-bond donors (Lipinski definition) is 1. The van der Waals surface area contributed by atoms with Gasteiger partial charge < -0.3 is 19.7 Å². The van der Waals surface area contributed by atoms with E-state index in [1.165, 1.54) is 6.07 Å². The van der Waals surface area contributed by atoms with Crippen LogP contribution in [0.4, 0.5) is 24.5 Å². The van der Waals surface area contributed by atoms with Crippen molar-refractivity contribution < 1.29 is 27.4 Å². The lowest BCUT2D eigenvalue weighted by atomic mass is 9.95. The summed E-state index contributed by atoms with van der Waals surface area (Å²) in [6.07, 6.45) is -3.21. The predicted octanol–water partition coefficient (Wildman–Crippen LogP) is 4.33. The number of amides is 1. The molecular weight excluding hydrogens is 385 g/mol. The van der Waals surface area contributed by atoms with Gasteiger partial charge in [-0.25, -0.2) is 0 Å². The second kappa shape index (κ2) is 7.85. The summed E-state index contributed by atoms with van der Waals surface area (Å²) in [5, 5.41) is 2.90.